The van der Waals surface area contributed by atoms with Crippen molar-refractivity contribution >= 4 is 23.0 Å². The third-order valence-electron chi connectivity index (χ3n) is 3.70. The molecule has 0 saturated carbocycles. The molecule has 0 saturated heterocycles. The second kappa shape index (κ2) is 9.89. The molecule has 25 heavy (non-hydrogen) atoms. The number of hydrogen-bond donors (Lipinski definition) is 2. The first-order valence-electron chi connectivity index (χ1n) is 8.63. The molecule has 0 aliphatic heterocycles. The Bertz CT molecular complexity index is 704. The fraction of sp³-hybridized carbons (Fsp3) is 0.350. The van der Waals surface area contributed by atoms with Gasteiger partial charge in [-0.3, -0.25) is 0 Å². The highest BCUT2D eigenvalue weighted by Crippen LogP contribution is 2.28. The summed E-state index contributed by atoms with van der Waals surface area (Å²) >= 11 is 5.37. The monoisotopic (exact) mass is 358 g/mol. The van der Waals surface area contributed by atoms with Crippen LogP contribution in [0.1, 0.15) is 25.0 Å². The van der Waals surface area contributed by atoms with E-state index in [1.54, 1.807) is 0 Å². The molecule has 134 valence electrons. The number of ether oxygens (including phenoxy) is 2. The molecule has 0 spiro atoms. The highest BCUT2D eigenvalue weighted by atomic mass is 32.1. The first-order chi connectivity index (χ1) is 12.1. The smallest absolute Gasteiger partial charge is 0.170 e. The van der Waals surface area contributed by atoms with Gasteiger partial charge in [-0.25, -0.2) is 0 Å². The van der Waals surface area contributed by atoms with Crippen LogP contribution in [0.2, 0.25) is 0 Å². The summed E-state index contributed by atoms with van der Waals surface area (Å²) in [5.74, 6) is 1.58. The summed E-state index contributed by atoms with van der Waals surface area (Å²) in [6.07, 6.45) is 0.849. The van der Waals surface area contributed by atoms with Crippen molar-refractivity contribution in [3.8, 4) is 11.5 Å². The predicted octanol–water partition coefficient (Wildman–Crippen LogP) is 4.32. The Kier molecular flexibility index (Phi) is 7.54. The van der Waals surface area contributed by atoms with Gasteiger partial charge in [0.15, 0.2) is 16.6 Å². The van der Waals surface area contributed by atoms with Gasteiger partial charge in [0.05, 0.1) is 13.2 Å². The van der Waals surface area contributed by atoms with Gasteiger partial charge >= 0.3 is 0 Å². The molecule has 5 heteroatoms. The molecular formula is C20H26N2O2S. The maximum absolute atomic E-state index is 5.67. The van der Waals surface area contributed by atoms with Gasteiger partial charge in [0, 0.05) is 12.2 Å². The summed E-state index contributed by atoms with van der Waals surface area (Å²) in [6, 6.07) is 14.1. The number of anilines is 1. The third-order valence-corrected chi connectivity index (χ3v) is 3.95. The molecule has 0 unspecified atom stereocenters. The van der Waals surface area contributed by atoms with Crippen LogP contribution >= 0.6 is 12.2 Å². The first kappa shape index (κ1) is 19.1. The summed E-state index contributed by atoms with van der Waals surface area (Å²) in [6.45, 7) is 7.99. The van der Waals surface area contributed by atoms with E-state index in [9.17, 15) is 0 Å². The fourth-order valence-corrected chi connectivity index (χ4v) is 2.66. The van der Waals surface area contributed by atoms with E-state index in [0.29, 0.717) is 18.3 Å². The van der Waals surface area contributed by atoms with Crippen molar-refractivity contribution in [1.82, 2.24) is 5.32 Å². The minimum atomic E-state index is 0.617. The lowest BCUT2D eigenvalue weighted by molar-refractivity contribution is 0.287. The summed E-state index contributed by atoms with van der Waals surface area (Å²) in [7, 11) is 0. The van der Waals surface area contributed by atoms with Crippen LogP contribution in [0.25, 0.3) is 0 Å². The first-order valence-corrected chi connectivity index (χ1v) is 9.03. The highest BCUT2D eigenvalue weighted by molar-refractivity contribution is 7.80. The molecule has 0 radical (unpaired) electrons. The number of hydrogen-bond acceptors (Lipinski definition) is 3. The molecule has 2 aromatic carbocycles. The predicted molar refractivity (Wildman–Crippen MR) is 108 cm³/mol. The van der Waals surface area contributed by atoms with Crippen LogP contribution in [0.4, 0.5) is 5.69 Å². The van der Waals surface area contributed by atoms with E-state index >= 15 is 0 Å². The second-order valence-electron chi connectivity index (χ2n) is 5.59. The number of para-hydroxylation sites is 1. The molecule has 0 bridgehead atoms. The van der Waals surface area contributed by atoms with Gasteiger partial charge in [0.1, 0.15) is 0 Å². The Balaban J connectivity index is 1.87. The quantitative estimate of drug-likeness (QED) is 0.688. The lowest BCUT2D eigenvalue weighted by atomic mass is 10.1. The number of benzene rings is 2. The number of rotatable bonds is 8. The zero-order valence-corrected chi connectivity index (χ0v) is 15.9. The van der Waals surface area contributed by atoms with Crippen LogP contribution in [-0.2, 0) is 6.42 Å². The Morgan fingerprint density at radius 2 is 1.72 bits per heavy atom. The topological polar surface area (TPSA) is 42.5 Å². The van der Waals surface area contributed by atoms with Crippen LogP contribution in [0.5, 0.6) is 11.5 Å². The van der Waals surface area contributed by atoms with Crippen molar-refractivity contribution in [2.24, 2.45) is 0 Å². The Morgan fingerprint density at radius 1 is 1.00 bits per heavy atom. The summed E-state index contributed by atoms with van der Waals surface area (Å²) in [5, 5.41) is 7.11. The van der Waals surface area contributed by atoms with E-state index < -0.39 is 0 Å². The molecule has 0 aliphatic rings. The van der Waals surface area contributed by atoms with Crippen molar-refractivity contribution < 1.29 is 9.47 Å². The number of aryl methyl sites for hydroxylation is 1. The van der Waals surface area contributed by atoms with Crippen molar-refractivity contribution in [2.75, 3.05) is 25.1 Å². The fourth-order valence-electron chi connectivity index (χ4n) is 2.45. The van der Waals surface area contributed by atoms with Crippen molar-refractivity contribution in [2.45, 2.75) is 27.2 Å². The Morgan fingerprint density at radius 3 is 2.44 bits per heavy atom. The van der Waals surface area contributed by atoms with Crippen LogP contribution in [0.15, 0.2) is 42.5 Å². The van der Waals surface area contributed by atoms with Gasteiger partial charge in [0.25, 0.3) is 0 Å². The van der Waals surface area contributed by atoms with E-state index in [4.69, 9.17) is 21.7 Å². The Hall–Kier alpha value is -2.27. The highest BCUT2D eigenvalue weighted by Gasteiger charge is 2.06. The minimum absolute atomic E-state index is 0.617. The van der Waals surface area contributed by atoms with E-state index in [-0.39, 0.29) is 0 Å². The van der Waals surface area contributed by atoms with Gasteiger partial charge in [-0.1, -0.05) is 24.3 Å². The lowest BCUT2D eigenvalue weighted by Crippen LogP contribution is -2.30. The lowest BCUT2D eigenvalue weighted by Gasteiger charge is -2.14. The Labute approximate surface area is 155 Å². The van der Waals surface area contributed by atoms with Gasteiger partial charge in [-0.2, -0.15) is 0 Å². The molecule has 2 rings (SSSR count). The standard InChI is InChI=1S/C20H26N2O2S/c1-4-23-18-11-10-16(14-19(18)24-5-2)12-13-21-20(25)22-17-9-7-6-8-15(17)3/h6-11,14H,4-5,12-13H2,1-3H3,(H2,21,22,25). The molecule has 0 aliphatic carbocycles. The molecule has 4 nitrogen and oxygen atoms in total. The SMILES string of the molecule is CCOc1ccc(CCNC(=S)Nc2ccccc2C)cc1OCC. The summed E-state index contributed by atoms with van der Waals surface area (Å²) in [4.78, 5) is 0. The van der Waals surface area contributed by atoms with Crippen molar-refractivity contribution in [1.29, 1.82) is 0 Å². The molecular weight excluding hydrogens is 332 g/mol. The van der Waals surface area contributed by atoms with Gasteiger partial charge in [-0.15, -0.1) is 0 Å². The van der Waals surface area contributed by atoms with Gasteiger partial charge < -0.3 is 20.1 Å². The molecule has 0 atom stereocenters. The molecule has 0 aromatic heterocycles. The zero-order valence-electron chi connectivity index (χ0n) is 15.1. The molecule has 2 aromatic rings. The van der Waals surface area contributed by atoms with Crippen LogP contribution < -0.4 is 20.1 Å². The molecule has 0 fully saturated rings. The van der Waals surface area contributed by atoms with Gasteiger partial charge in [-0.05, 0) is 68.7 Å². The van der Waals surface area contributed by atoms with Crippen LogP contribution in [0.3, 0.4) is 0 Å². The maximum Gasteiger partial charge on any atom is 0.170 e. The number of nitrogens with one attached hydrogen (secondary N) is 2. The average molecular weight is 359 g/mol. The third kappa shape index (κ3) is 5.94. The van der Waals surface area contributed by atoms with Crippen LogP contribution in [-0.4, -0.2) is 24.9 Å². The summed E-state index contributed by atoms with van der Waals surface area (Å²) in [5.41, 5.74) is 3.37. The van der Waals surface area contributed by atoms with Crippen molar-refractivity contribution in [3.05, 3.63) is 53.6 Å². The second-order valence-corrected chi connectivity index (χ2v) is 6.00. The largest absolute Gasteiger partial charge is 0.490 e. The van der Waals surface area contributed by atoms with Gasteiger partial charge in [0.2, 0.25) is 0 Å². The van der Waals surface area contributed by atoms with E-state index in [0.717, 1.165) is 30.2 Å². The van der Waals surface area contributed by atoms with E-state index in [1.165, 1.54) is 11.1 Å². The van der Waals surface area contributed by atoms with E-state index in [1.807, 2.05) is 44.2 Å². The minimum Gasteiger partial charge on any atom is -0.490 e. The maximum atomic E-state index is 5.67. The zero-order chi connectivity index (χ0) is 18.1. The van der Waals surface area contributed by atoms with Crippen molar-refractivity contribution in [3.63, 3.8) is 0 Å². The summed E-state index contributed by atoms with van der Waals surface area (Å²) < 4.78 is 11.3. The average Bonchev–Trinajstić information content (AvgIpc) is 2.59. The number of thiocarbonyl (C=S) groups is 1. The molecule has 2 N–H and O–H groups in total. The molecule has 0 heterocycles. The molecule has 0 amide bonds. The van der Waals surface area contributed by atoms with Crippen LogP contribution in [0, 0.1) is 6.92 Å². The van der Waals surface area contributed by atoms with E-state index in [2.05, 4.69) is 29.7 Å². The normalized spacial score (nSPS) is 10.2.